The van der Waals surface area contributed by atoms with Crippen LogP contribution in [-0.2, 0) is 21.4 Å². The van der Waals surface area contributed by atoms with E-state index in [9.17, 15) is 18.3 Å². The molecule has 0 aliphatic carbocycles. The predicted octanol–water partition coefficient (Wildman–Crippen LogP) is 3.62. The molecule has 0 fully saturated rings. The summed E-state index contributed by atoms with van der Waals surface area (Å²) in [6.45, 7) is 1.37. The maximum Gasteiger partial charge on any atom is 0.244 e. The molecule has 32 heavy (non-hydrogen) atoms. The van der Waals surface area contributed by atoms with Gasteiger partial charge in [0.1, 0.15) is 6.04 Å². The smallest absolute Gasteiger partial charge is 0.244 e. The molecule has 3 aromatic rings. The molecule has 0 aliphatic heterocycles. The van der Waals surface area contributed by atoms with Crippen molar-refractivity contribution in [2.75, 3.05) is 12.4 Å². The number of carbonyl (C=O) groups is 1. The maximum absolute atomic E-state index is 13.5. The number of amides is 1. The quantitative estimate of drug-likeness (QED) is 0.294. The minimum Gasteiger partial charge on any atom is -0.394 e. The van der Waals surface area contributed by atoms with Crippen molar-refractivity contribution in [3.8, 4) is 0 Å². The summed E-state index contributed by atoms with van der Waals surface area (Å²) in [5.74, 6) is 0.0668. The molecular weight excluding hydrogens is 466 g/mol. The Bertz CT molecular complexity index is 1150. The van der Waals surface area contributed by atoms with Crippen LogP contribution in [0.3, 0.4) is 0 Å². The van der Waals surface area contributed by atoms with E-state index in [1.165, 1.54) is 23.8 Å². The second-order valence-electron chi connectivity index (χ2n) is 7.30. The number of aliphatic hydroxyl groups is 1. The third kappa shape index (κ3) is 5.87. The van der Waals surface area contributed by atoms with Gasteiger partial charge in [-0.25, -0.2) is 13.4 Å². The zero-order valence-corrected chi connectivity index (χ0v) is 20.3. The Morgan fingerprint density at radius 3 is 2.62 bits per heavy atom. The van der Waals surface area contributed by atoms with Crippen molar-refractivity contribution in [3.63, 3.8) is 0 Å². The van der Waals surface area contributed by atoms with Gasteiger partial charge in [0.2, 0.25) is 15.9 Å². The first kappa shape index (κ1) is 24.7. The Kier molecular flexibility index (Phi) is 8.66. The second kappa shape index (κ2) is 11.2. The van der Waals surface area contributed by atoms with E-state index in [4.69, 9.17) is 5.73 Å². The molecule has 0 spiro atoms. The van der Waals surface area contributed by atoms with Crippen molar-refractivity contribution in [1.82, 2.24) is 9.29 Å². The summed E-state index contributed by atoms with van der Waals surface area (Å²) in [5, 5.41) is 9.73. The molecule has 3 rings (SSSR count). The Labute approximate surface area is 196 Å². The largest absolute Gasteiger partial charge is 0.394 e. The fraction of sp³-hybridized carbons (Fsp3) is 0.364. The van der Waals surface area contributed by atoms with Crippen molar-refractivity contribution in [1.29, 1.82) is 0 Å². The fourth-order valence-corrected chi connectivity index (χ4v) is 7.06. The van der Waals surface area contributed by atoms with Crippen LogP contribution in [0.25, 0.3) is 10.2 Å². The summed E-state index contributed by atoms with van der Waals surface area (Å²) in [5.41, 5.74) is 6.84. The van der Waals surface area contributed by atoms with Gasteiger partial charge < -0.3 is 10.8 Å². The van der Waals surface area contributed by atoms with Gasteiger partial charge in [0, 0.05) is 12.3 Å². The molecule has 1 amide bonds. The lowest BCUT2D eigenvalue weighted by Crippen LogP contribution is -2.49. The number of thiazole rings is 1. The molecule has 0 bridgehead atoms. The van der Waals surface area contributed by atoms with Crippen molar-refractivity contribution in [3.05, 3.63) is 54.1 Å². The number of benzene rings is 2. The van der Waals surface area contributed by atoms with E-state index in [-0.39, 0.29) is 11.4 Å². The molecule has 0 saturated heterocycles. The van der Waals surface area contributed by atoms with E-state index in [1.54, 1.807) is 48.2 Å². The number of aliphatic hydroxyl groups excluding tert-OH is 1. The highest BCUT2D eigenvalue weighted by Gasteiger charge is 2.35. The number of primary amides is 1. The molecule has 0 saturated carbocycles. The van der Waals surface area contributed by atoms with Crippen molar-refractivity contribution >= 4 is 49.2 Å². The van der Waals surface area contributed by atoms with Gasteiger partial charge in [-0.1, -0.05) is 61.9 Å². The summed E-state index contributed by atoms with van der Waals surface area (Å²) < 4.78 is 29.7. The predicted molar refractivity (Wildman–Crippen MR) is 129 cm³/mol. The minimum absolute atomic E-state index is 0.0341. The topological polar surface area (TPSA) is 114 Å². The summed E-state index contributed by atoms with van der Waals surface area (Å²) in [6, 6.07) is 12.2. The normalized spacial score (nSPS) is 13.0. The van der Waals surface area contributed by atoms with Crippen LogP contribution in [0.2, 0.25) is 0 Å². The lowest BCUT2D eigenvalue weighted by Gasteiger charge is -2.27. The molecule has 2 aromatic carbocycles. The van der Waals surface area contributed by atoms with Crippen molar-refractivity contribution in [2.45, 2.75) is 48.0 Å². The number of unbranched alkanes of at least 4 members (excludes halogenated alkanes) is 2. The zero-order chi connectivity index (χ0) is 23.1. The third-order valence-corrected chi connectivity index (χ3v) is 9.05. The average molecular weight is 494 g/mol. The number of hydrogen-bond acceptors (Lipinski definition) is 7. The van der Waals surface area contributed by atoms with Crippen LogP contribution < -0.4 is 5.73 Å². The van der Waals surface area contributed by atoms with Crippen LogP contribution >= 0.6 is 23.1 Å². The summed E-state index contributed by atoms with van der Waals surface area (Å²) in [4.78, 5) is 16.6. The van der Waals surface area contributed by atoms with Gasteiger partial charge in [0.25, 0.3) is 0 Å². The van der Waals surface area contributed by atoms with E-state index >= 15 is 0 Å². The third-order valence-electron chi connectivity index (χ3n) is 4.95. The van der Waals surface area contributed by atoms with Crippen LogP contribution in [0.5, 0.6) is 0 Å². The number of nitrogens with two attached hydrogens (primary N) is 1. The molecule has 1 atom stereocenters. The number of nitrogens with zero attached hydrogens (tertiary/aromatic N) is 2. The summed E-state index contributed by atoms with van der Waals surface area (Å²) in [7, 11) is -4.12. The van der Waals surface area contributed by atoms with Crippen LogP contribution in [0, 0.1) is 0 Å². The highest BCUT2D eigenvalue weighted by atomic mass is 32.2. The molecule has 1 aromatic heterocycles. The Balaban J connectivity index is 1.93. The van der Waals surface area contributed by atoms with E-state index in [2.05, 4.69) is 11.9 Å². The molecule has 1 heterocycles. The van der Waals surface area contributed by atoms with Gasteiger partial charge >= 0.3 is 0 Å². The highest BCUT2D eigenvalue weighted by Crippen LogP contribution is 2.32. The van der Waals surface area contributed by atoms with Crippen LogP contribution in [0.4, 0.5) is 0 Å². The summed E-state index contributed by atoms with van der Waals surface area (Å²) >= 11 is 3.12. The van der Waals surface area contributed by atoms with Gasteiger partial charge in [0.15, 0.2) is 4.34 Å². The number of hydrogen-bond donors (Lipinski definition) is 2. The zero-order valence-electron chi connectivity index (χ0n) is 17.8. The number of carbonyl (C=O) groups excluding carboxylic acids is 1. The van der Waals surface area contributed by atoms with Crippen molar-refractivity contribution < 1.29 is 18.3 Å². The number of rotatable bonds is 12. The highest BCUT2D eigenvalue weighted by molar-refractivity contribution is 8.01. The van der Waals surface area contributed by atoms with Crippen LogP contribution in [0.1, 0.15) is 31.7 Å². The number of sulfonamides is 1. The average Bonchev–Trinajstić information content (AvgIpc) is 3.19. The number of fused-ring (bicyclic) bond motifs is 1. The van der Waals surface area contributed by atoms with Gasteiger partial charge in [0.05, 0.1) is 21.7 Å². The lowest BCUT2D eigenvalue weighted by atomic mass is 10.2. The molecule has 0 aliphatic rings. The first-order valence-corrected chi connectivity index (χ1v) is 13.6. The molecule has 172 valence electrons. The molecule has 7 nitrogen and oxygen atoms in total. The SMILES string of the molecule is CCCCCSc1nc2ccc(S(=O)(=O)N(Cc3ccccc3)[C@H](CO)C(N)=O)cc2s1. The monoisotopic (exact) mass is 493 g/mol. The standard InChI is InChI=1S/C22H27N3O4S3/c1-2-3-7-12-30-22-24-18-11-10-17(13-20(18)31-22)32(28,29)25(19(15-26)21(23)27)14-16-8-5-4-6-9-16/h4-6,8-11,13,19,26H,2-3,7,12,14-15H2,1H3,(H2,23,27)/t19-/m1/s1. The van der Waals surface area contributed by atoms with Crippen LogP contribution in [0.15, 0.2) is 57.8 Å². The Morgan fingerprint density at radius 1 is 1.22 bits per heavy atom. The van der Waals surface area contributed by atoms with E-state index < -0.39 is 28.6 Å². The van der Waals surface area contributed by atoms with Gasteiger partial charge in [-0.2, -0.15) is 4.31 Å². The van der Waals surface area contributed by atoms with E-state index in [0.717, 1.165) is 37.5 Å². The van der Waals surface area contributed by atoms with Gasteiger partial charge in [-0.05, 0) is 30.2 Å². The number of thioether (sulfide) groups is 1. The Hall–Kier alpha value is -1.98. The lowest BCUT2D eigenvalue weighted by molar-refractivity contribution is -0.122. The second-order valence-corrected chi connectivity index (χ2v) is 11.6. The minimum atomic E-state index is -4.12. The molecular formula is C22H27N3O4S3. The van der Waals surface area contributed by atoms with Gasteiger partial charge in [-0.3, -0.25) is 4.79 Å². The number of aromatic nitrogens is 1. The van der Waals surface area contributed by atoms with Crippen LogP contribution in [-0.4, -0.2) is 47.1 Å². The maximum atomic E-state index is 13.5. The summed E-state index contributed by atoms with van der Waals surface area (Å²) in [6.07, 6.45) is 3.44. The fourth-order valence-electron chi connectivity index (χ4n) is 3.20. The van der Waals surface area contributed by atoms with Gasteiger partial charge in [-0.15, -0.1) is 11.3 Å². The first-order valence-electron chi connectivity index (χ1n) is 10.4. The first-order chi connectivity index (χ1) is 15.4. The van der Waals surface area contributed by atoms with E-state index in [0.29, 0.717) is 5.56 Å². The van der Waals surface area contributed by atoms with E-state index in [1.807, 2.05) is 6.07 Å². The molecule has 3 N–H and O–H groups in total. The molecule has 0 unspecified atom stereocenters. The van der Waals surface area contributed by atoms with Crippen molar-refractivity contribution in [2.24, 2.45) is 5.73 Å². The molecule has 10 heteroatoms. The molecule has 0 radical (unpaired) electrons. The Morgan fingerprint density at radius 2 is 1.97 bits per heavy atom.